The van der Waals surface area contributed by atoms with Crippen LogP contribution in [0.1, 0.15) is 18.1 Å². The van der Waals surface area contributed by atoms with E-state index in [2.05, 4.69) is 0 Å². The van der Waals surface area contributed by atoms with Gasteiger partial charge in [0.05, 0.1) is 0 Å². The molecule has 0 saturated heterocycles. The molecule has 0 heterocycles. The van der Waals surface area contributed by atoms with Crippen LogP contribution in [-0.2, 0) is 4.79 Å². The van der Waals surface area contributed by atoms with Crippen molar-refractivity contribution in [2.75, 3.05) is 11.4 Å². The Balaban J connectivity index is 2.17. The van der Waals surface area contributed by atoms with Crippen LogP contribution in [0.25, 0.3) is 6.08 Å². The van der Waals surface area contributed by atoms with Gasteiger partial charge in [0, 0.05) is 23.3 Å². The van der Waals surface area contributed by atoms with E-state index in [1.165, 1.54) is 0 Å². The van der Waals surface area contributed by atoms with Crippen LogP contribution in [0.2, 0.25) is 5.02 Å². The number of para-hydroxylation sites is 1. The molecule has 0 N–H and O–H groups in total. The average Bonchev–Trinajstić information content (AvgIpc) is 2.49. The van der Waals surface area contributed by atoms with Crippen molar-refractivity contribution in [3.8, 4) is 0 Å². The van der Waals surface area contributed by atoms with Crippen molar-refractivity contribution in [3.05, 3.63) is 70.8 Å². The summed E-state index contributed by atoms with van der Waals surface area (Å²) in [5, 5.41) is 0.688. The highest BCUT2D eigenvalue weighted by Gasteiger charge is 2.12. The number of benzene rings is 2. The highest BCUT2D eigenvalue weighted by Crippen LogP contribution is 2.20. The van der Waals surface area contributed by atoms with E-state index >= 15 is 0 Å². The molecule has 0 aliphatic heterocycles. The van der Waals surface area contributed by atoms with Crippen molar-refractivity contribution < 1.29 is 4.79 Å². The van der Waals surface area contributed by atoms with E-state index in [1.54, 1.807) is 17.1 Å². The zero-order valence-corrected chi connectivity index (χ0v) is 13.0. The van der Waals surface area contributed by atoms with Gasteiger partial charge >= 0.3 is 0 Å². The minimum atomic E-state index is -0.0262. The molecule has 21 heavy (non-hydrogen) atoms. The summed E-state index contributed by atoms with van der Waals surface area (Å²) in [6.45, 7) is 4.61. The topological polar surface area (TPSA) is 20.3 Å². The Kier molecular flexibility index (Phi) is 5.18. The number of halogens is 1. The lowest BCUT2D eigenvalue weighted by molar-refractivity contribution is -0.114. The number of hydrogen-bond acceptors (Lipinski definition) is 1. The van der Waals surface area contributed by atoms with E-state index in [1.807, 2.05) is 62.4 Å². The summed E-state index contributed by atoms with van der Waals surface area (Å²) in [7, 11) is 0. The van der Waals surface area contributed by atoms with Gasteiger partial charge < -0.3 is 4.90 Å². The Hall–Kier alpha value is -2.06. The molecule has 0 atom stereocenters. The molecular formula is C18H18ClNO. The van der Waals surface area contributed by atoms with Crippen molar-refractivity contribution in [2.24, 2.45) is 0 Å². The van der Waals surface area contributed by atoms with Crippen LogP contribution < -0.4 is 4.90 Å². The Morgan fingerprint density at radius 2 is 1.81 bits per heavy atom. The highest BCUT2D eigenvalue weighted by atomic mass is 35.5. The van der Waals surface area contributed by atoms with Gasteiger partial charge in [0.15, 0.2) is 0 Å². The third kappa shape index (κ3) is 3.96. The van der Waals surface area contributed by atoms with Crippen LogP contribution in [0.5, 0.6) is 0 Å². The molecule has 2 nitrogen and oxygen atoms in total. The monoisotopic (exact) mass is 299 g/mol. The molecule has 2 aromatic carbocycles. The largest absolute Gasteiger partial charge is 0.309 e. The summed E-state index contributed by atoms with van der Waals surface area (Å²) in [6, 6.07) is 15.3. The predicted molar refractivity (Wildman–Crippen MR) is 89.7 cm³/mol. The minimum Gasteiger partial charge on any atom is -0.309 e. The fourth-order valence-electron chi connectivity index (χ4n) is 2.14. The second kappa shape index (κ2) is 7.09. The van der Waals surface area contributed by atoms with Gasteiger partial charge in [-0.1, -0.05) is 41.9 Å². The number of amides is 1. The lowest BCUT2D eigenvalue weighted by atomic mass is 10.1. The normalized spacial score (nSPS) is 10.8. The molecular weight excluding hydrogens is 282 g/mol. The molecule has 0 bridgehead atoms. The van der Waals surface area contributed by atoms with E-state index in [9.17, 15) is 4.79 Å². The summed E-state index contributed by atoms with van der Waals surface area (Å²) < 4.78 is 0. The number of carbonyl (C=O) groups excluding carboxylic acids is 1. The summed E-state index contributed by atoms with van der Waals surface area (Å²) in [5.74, 6) is -0.0262. The Labute approximate surface area is 130 Å². The van der Waals surface area contributed by atoms with Gasteiger partial charge in [0.2, 0.25) is 0 Å². The Morgan fingerprint density at radius 1 is 1.14 bits per heavy atom. The standard InChI is InChI=1S/C18H18ClNO/c1-3-20(17-7-5-4-6-14(17)2)18(21)13-10-15-8-11-16(19)12-9-15/h4-13H,3H2,1-2H3. The molecule has 108 valence electrons. The molecule has 2 aromatic rings. The number of rotatable bonds is 4. The number of likely N-dealkylation sites (N-methyl/N-ethyl adjacent to an activating group) is 1. The molecule has 1 amide bonds. The van der Waals surface area contributed by atoms with Crippen LogP contribution in [-0.4, -0.2) is 12.5 Å². The zero-order valence-electron chi connectivity index (χ0n) is 12.2. The van der Waals surface area contributed by atoms with Crippen LogP contribution >= 0.6 is 11.6 Å². The number of aryl methyl sites for hydroxylation is 1. The summed E-state index contributed by atoms with van der Waals surface area (Å²) in [4.78, 5) is 14.1. The van der Waals surface area contributed by atoms with E-state index in [0.717, 1.165) is 16.8 Å². The van der Waals surface area contributed by atoms with Crippen molar-refractivity contribution in [1.82, 2.24) is 0 Å². The van der Waals surface area contributed by atoms with E-state index < -0.39 is 0 Å². The first-order valence-electron chi connectivity index (χ1n) is 6.92. The highest BCUT2D eigenvalue weighted by molar-refractivity contribution is 6.30. The fraction of sp³-hybridized carbons (Fsp3) is 0.167. The van der Waals surface area contributed by atoms with Crippen molar-refractivity contribution in [3.63, 3.8) is 0 Å². The molecule has 0 radical (unpaired) electrons. The first-order valence-corrected chi connectivity index (χ1v) is 7.30. The van der Waals surface area contributed by atoms with E-state index in [-0.39, 0.29) is 5.91 Å². The van der Waals surface area contributed by atoms with E-state index in [4.69, 9.17) is 11.6 Å². The summed E-state index contributed by atoms with van der Waals surface area (Å²) in [5.41, 5.74) is 2.99. The number of anilines is 1. The summed E-state index contributed by atoms with van der Waals surface area (Å²) >= 11 is 5.85. The average molecular weight is 300 g/mol. The third-order valence-corrected chi connectivity index (χ3v) is 3.53. The molecule has 0 spiro atoms. The molecule has 0 aromatic heterocycles. The first kappa shape index (κ1) is 15.3. The lowest BCUT2D eigenvalue weighted by Gasteiger charge is -2.21. The summed E-state index contributed by atoms with van der Waals surface area (Å²) in [6.07, 6.45) is 3.40. The van der Waals surface area contributed by atoms with Crippen LogP contribution in [0, 0.1) is 6.92 Å². The van der Waals surface area contributed by atoms with Gasteiger partial charge in [-0.15, -0.1) is 0 Å². The number of nitrogens with zero attached hydrogens (tertiary/aromatic N) is 1. The fourth-order valence-corrected chi connectivity index (χ4v) is 2.27. The Bertz CT molecular complexity index is 647. The second-order valence-electron chi connectivity index (χ2n) is 4.75. The molecule has 0 saturated carbocycles. The number of hydrogen-bond donors (Lipinski definition) is 0. The quantitative estimate of drug-likeness (QED) is 0.748. The van der Waals surface area contributed by atoms with Crippen molar-refractivity contribution >= 4 is 29.3 Å². The van der Waals surface area contributed by atoms with E-state index in [0.29, 0.717) is 11.6 Å². The van der Waals surface area contributed by atoms with Crippen molar-refractivity contribution in [1.29, 1.82) is 0 Å². The molecule has 0 unspecified atom stereocenters. The molecule has 0 aliphatic rings. The molecule has 3 heteroatoms. The SMILES string of the molecule is CCN(C(=O)C=Cc1ccc(Cl)cc1)c1ccccc1C. The molecule has 0 fully saturated rings. The Morgan fingerprint density at radius 3 is 2.43 bits per heavy atom. The second-order valence-corrected chi connectivity index (χ2v) is 5.19. The van der Waals surface area contributed by atoms with Gasteiger partial charge in [-0.3, -0.25) is 4.79 Å². The lowest BCUT2D eigenvalue weighted by Crippen LogP contribution is -2.29. The zero-order chi connectivity index (χ0) is 15.2. The van der Waals surface area contributed by atoms with Gasteiger partial charge in [0.1, 0.15) is 0 Å². The third-order valence-electron chi connectivity index (χ3n) is 3.28. The maximum absolute atomic E-state index is 12.4. The first-order chi connectivity index (χ1) is 10.1. The van der Waals surface area contributed by atoms with Gasteiger partial charge in [-0.25, -0.2) is 0 Å². The minimum absolute atomic E-state index is 0.0262. The smallest absolute Gasteiger partial charge is 0.250 e. The van der Waals surface area contributed by atoms with Crippen LogP contribution in [0.3, 0.4) is 0 Å². The maximum Gasteiger partial charge on any atom is 0.250 e. The molecule has 2 rings (SSSR count). The van der Waals surface area contributed by atoms with Crippen LogP contribution in [0.15, 0.2) is 54.6 Å². The number of carbonyl (C=O) groups is 1. The van der Waals surface area contributed by atoms with Gasteiger partial charge in [0.25, 0.3) is 5.91 Å². The molecule has 0 aliphatic carbocycles. The van der Waals surface area contributed by atoms with Crippen LogP contribution in [0.4, 0.5) is 5.69 Å². The van der Waals surface area contributed by atoms with Crippen molar-refractivity contribution in [2.45, 2.75) is 13.8 Å². The maximum atomic E-state index is 12.4. The predicted octanol–water partition coefficient (Wildman–Crippen LogP) is 4.71. The van der Waals surface area contributed by atoms with Gasteiger partial charge in [-0.05, 0) is 49.2 Å². The van der Waals surface area contributed by atoms with Gasteiger partial charge in [-0.2, -0.15) is 0 Å².